The molecule has 2 nitrogen and oxygen atoms in total. The second kappa shape index (κ2) is 5.16. The molecule has 0 aliphatic heterocycles. The highest BCUT2D eigenvalue weighted by atomic mass is 127. The first-order valence-corrected chi connectivity index (χ1v) is 6.47. The van der Waals surface area contributed by atoms with E-state index in [0.29, 0.717) is 0 Å². The third-order valence-electron chi connectivity index (χ3n) is 2.40. The van der Waals surface area contributed by atoms with E-state index in [-0.39, 0.29) is 6.10 Å². The zero-order valence-electron chi connectivity index (χ0n) is 8.87. The lowest BCUT2D eigenvalue weighted by molar-refractivity contribution is 0.216. The molecule has 0 bridgehead atoms. The van der Waals surface area contributed by atoms with Gasteiger partial charge in [0.25, 0.3) is 0 Å². The lowest BCUT2D eigenvalue weighted by Gasteiger charge is -2.15. The molecule has 3 heteroatoms. The summed E-state index contributed by atoms with van der Waals surface area (Å²) in [6, 6.07) is 8.93. The van der Waals surface area contributed by atoms with Crippen molar-refractivity contribution in [1.82, 2.24) is 5.32 Å². The number of hydrogen-bond acceptors (Lipinski definition) is 2. The number of nitrogens with one attached hydrogen (secondary N) is 1. The fourth-order valence-corrected chi connectivity index (χ4v) is 1.95. The summed E-state index contributed by atoms with van der Waals surface area (Å²) < 4.78 is 7.02. The molecule has 0 saturated heterocycles. The molecule has 1 atom stereocenters. The average molecular weight is 317 g/mol. The highest BCUT2D eigenvalue weighted by molar-refractivity contribution is 14.1. The van der Waals surface area contributed by atoms with Gasteiger partial charge in [-0.15, -0.1) is 0 Å². The Hall–Kier alpha value is -0.290. The van der Waals surface area contributed by atoms with E-state index in [1.165, 1.54) is 16.4 Å². The van der Waals surface area contributed by atoms with Gasteiger partial charge in [-0.3, -0.25) is 0 Å². The Bertz CT molecular complexity index is 325. The molecular weight excluding hydrogens is 301 g/mol. The monoisotopic (exact) mass is 317 g/mol. The molecule has 1 aliphatic carbocycles. The van der Waals surface area contributed by atoms with Crippen LogP contribution in [0.4, 0.5) is 0 Å². The molecule has 0 spiro atoms. The van der Waals surface area contributed by atoms with Crippen LogP contribution in [0.3, 0.4) is 0 Å². The van der Waals surface area contributed by atoms with Crippen molar-refractivity contribution in [2.45, 2.75) is 31.9 Å². The first-order valence-electron chi connectivity index (χ1n) is 5.39. The van der Waals surface area contributed by atoms with E-state index in [1.807, 2.05) is 12.1 Å². The molecular formula is C12H16INO. The predicted octanol–water partition coefficient (Wildman–Crippen LogP) is 2.81. The minimum Gasteiger partial charge on any atom is -0.489 e. The Morgan fingerprint density at radius 2 is 2.33 bits per heavy atom. The number of halogens is 1. The number of hydrogen-bond donors (Lipinski definition) is 1. The summed E-state index contributed by atoms with van der Waals surface area (Å²) >= 11 is 2.30. The minimum atomic E-state index is 0.240. The van der Waals surface area contributed by atoms with Gasteiger partial charge in [0.1, 0.15) is 11.9 Å². The second-order valence-corrected chi connectivity index (χ2v) is 5.31. The van der Waals surface area contributed by atoms with E-state index >= 15 is 0 Å². The van der Waals surface area contributed by atoms with Crippen molar-refractivity contribution in [1.29, 1.82) is 0 Å². The summed E-state index contributed by atoms with van der Waals surface area (Å²) in [5, 5.41) is 3.46. The molecule has 1 aromatic carbocycles. The first kappa shape index (κ1) is 11.2. The zero-order valence-corrected chi connectivity index (χ0v) is 11.0. The molecule has 1 aromatic rings. The van der Waals surface area contributed by atoms with Crippen molar-refractivity contribution >= 4 is 22.6 Å². The molecule has 1 fully saturated rings. The van der Waals surface area contributed by atoms with E-state index in [2.05, 4.69) is 47.0 Å². The zero-order chi connectivity index (χ0) is 10.7. The molecule has 15 heavy (non-hydrogen) atoms. The van der Waals surface area contributed by atoms with Gasteiger partial charge in [-0.1, -0.05) is 6.07 Å². The Morgan fingerprint density at radius 3 is 3.00 bits per heavy atom. The molecule has 0 radical (unpaired) electrons. The smallest absolute Gasteiger partial charge is 0.120 e. The summed E-state index contributed by atoms with van der Waals surface area (Å²) in [7, 11) is 0. The summed E-state index contributed by atoms with van der Waals surface area (Å²) in [5.41, 5.74) is 0. The molecule has 1 unspecified atom stereocenters. The maximum Gasteiger partial charge on any atom is 0.120 e. The summed E-state index contributed by atoms with van der Waals surface area (Å²) in [4.78, 5) is 0. The van der Waals surface area contributed by atoms with Gasteiger partial charge >= 0.3 is 0 Å². The standard InChI is InChI=1S/C12H16INO/c1-9(8-14-11-5-6-11)15-12-4-2-3-10(13)7-12/h2-4,7,9,11,14H,5-6,8H2,1H3. The van der Waals surface area contributed by atoms with Crippen LogP contribution in [0.1, 0.15) is 19.8 Å². The lowest BCUT2D eigenvalue weighted by atomic mass is 10.3. The topological polar surface area (TPSA) is 21.3 Å². The number of rotatable bonds is 5. The van der Waals surface area contributed by atoms with E-state index in [1.54, 1.807) is 0 Å². The van der Waals surface area contributed by atoms with Gasteiger partial charge in [-0.25, -0.2) is 0 Å². The van der Waals surface area contributed by atoms with Gasteiger partial charge in [-0.2, -0.15) is 0 Å². The normalized spacial score (nSPS) is 17.5. The van der Waals surface area contributed by atoms with Crippen LogP contribution in [-0.4, -0.2) is 18.7 Å². The van der Waals surface area contributed by atoms with Crippen molar-refractivity contribution in [2.75, 3.05) is 6.54 Å². The fraction of sp³-hybridized carbons (Fsp3) is 0.500. The lowest BCUT2D eigenvalue weighted by Crippen LogP contribution is -2.30. The Balaban J connectivity index is 1.79. The maximum atomic E-state index is 5.81. The first-order chi connectivity index (χ1) is 7.24. The van der Waals surface area contributed by atoms with Crippen LogP contribution in [0.25, 0.3) is 0 Å². The van der Waals surface area contributed by atoms with Crippen molar-refractivity contribution in [2.24, 2.45) is 0 Å². The van der Waals surface area contributed by atoms with Gasteiger partial charge in [0.05, 0.1) is 0 Å². The molecule has 0 amide bonds. The Morgan fingerprint density at radius 1 is 1.53 bits per heavy atom. The molecule has 1 saturated carbocycles. The van der Waals surface area contributed by atoms with Gasteiger partial charge in [0, 0.05) is 16.2 Å². The summed E-state index contributed by atoms with van der Waals surface area (Å²) in [6.07, 6.45) is 2.90. The Labute approximate surface area is 105 Å². The number of ether oxygens (including phenoxy) is 1. The van der Waals surface area contributed by atoms with Gasteiger partial charge in [-0.05, 0) is 60.6 Å². The largest absolute Gasteiger partial charge is 0.489 e. The van der Waals surface area contributed by atoms with Crippen molar-refractivity contribution in [3.63, 3.8) is 0 Å². The molecule has 1 aliphatic rings. The predicted molar refractivity (Wildman–Crippen MR) is 70.3 cm³/mol. The van der Waals surface area contributed by atoms with Crippen LogP contribution in [-0.2, 0) is 0 Å². The SMILES string of the molecule is CC(CNC1CC1)Oc1cccc(I)c1. The quantitative estimate of drug-likeness (QED) is 0.843. The van der Waals surface area contributed by atoms with Gasteiger partial charge < -0.3 is 10.1 Å². The average Bonchev–Trinajstić information content (AvgIpc) is 2.98. The van der Waals surface area contributed by atoms with Crippen LogP contribution in [0.5, 0.6) is 5.75 Å². The van der Waals surface area contributed by atoms with Crippen molar-refractivity contribution in [3.05, 3.63) is 27.8 Å². The van der Waals surface area contributed by atoms with Crippen molar-refractivity contribution in [3.8, 4) is 5.75 Å². The van der Waals surface area contributed by atoms with E-state index < -0.39 is 0 Å². The summed E-state index contributed by atoms with van der Waals surface area (Å²) in [6.45, 7) is 3.05. The van der Waals surface area contributed by atoms with Gasteiger partial charge in [0.15, 0.2) is 0 Å². The maximum absolute atomic E-state index is 5.81. The molecule has 1 N–H and O–H groups in total. The van der Waals surface area contributed by atoms with Crippen LogP contribution in [0.15, 0.2) is 24.3 Å². The molecule has 0 aromatic heterocycles. The fourth-order valence-electron chi connectivity index (χ4n) is 1.43. The number of benzene rings is 1. The van der Waals surface area contributed by atoms with Crippen LogP contribution in [0, 0.1) is 3.57 Å². The van der Waals surface area contributed by atoms with E-state index in [9.17, 15) is 0 Å². The minimum absolute atomic E-state index is 0.240. The highest BCUT2D eigenvalue weighted by Gasteiger charge is 2.21. The third-order valence-corrected chi connectivity index (χ3v) is 3.08. The van der Waals surface area contributed by atoms with Crippen LogP contribution in [0.2, 0.25) is 0 Å². The molecule has 82 valence electrons. The highest BCUT2D eigenvalue weighted by Crippen LogP contribution is 2.19. The second-order valence-electron chi connectivity index (χ2n) is 4.07. The van der Waals surface area contributed by atoms with E-state index in [4.69, 9.17) is 4.74 Å². The molecule has 0 heterocycles. The summed E-state index contributed by atoms with van der Waals surface area (Å²) in [5.74, 6) is 0.965. The van der Waals surface area contributed by atoms with E-state index in [0.717, 1.165) is 18.3 Å². The Kier molecular flexibility index (Phi) is 3.86. The molecule has 2 rings (SSSR count). The van der Waals surface area contributed by atoms with Crippen LogP contribution >= 0.6 is 22.6 Å². The van der Waals surface area contributed by atoms with Crippen LogP contribution < -0.4 is 10.1 Å². The van der Waals surface area contributed by atoms with Gasteiger partial charge in [0.2, 0.25) is 0 Å². The van der Waals surface area contributed by atoms with Crippen molar-refractivity contribution < 1.29 is 4.74 Å². The third kappa shape index (κ3) is 3.99.